The minimum absolute atomic E-state index is 0.422. The number of piperidine rings is 1. The molecule has 1 unspecified atom stereocenters. The molecule has 0 saturated carbocycles. The van der Waals surface area contributed by atoms with E-state index in [1.807, 2.05) is 0 Å². The third kappa shape index (κ3) is 8.38. The minimum Gasteiger partial charge on any atom is -0.425 e. The van der Waals surface area contributed by atoms with Gasteiger partial charge in [-0.25, -0.2) is 16.8 Å². The Labute approximate surface area is 220 Å². The second-order valence-electron chi connectivity index (χ2n) is 8.49. The van der Waals surface area contributed by atoms with Crippen molar-refractivity contribution < 1.29 is 78.5 Å². The fraction of sp³-hybridized carbons (Fsp3) is 1.00. The molecule has 1 aliphatic rings. The summed E-state index contributed by atoms with van der Waals surface area (Å²) in [5, 5.41) is -14.0. The van der Waals surface area contributed by atoms with Gasteiger partial charge in [-0.3, -0.25) is 0 Å². The van der Waals surface area contributed by atoms with Crippen LogP contribution in [0, 0.1) is 0 Å². The summed E-state index contributed by atoms with van der Waals surface area (Å²) in [7, 11) is -12.6. The molecule has 0 aromatic heterocycles. The Balaban J connectivity index is 0.000000748. The first kappa shape index (κ1) is 38.2. The van der Waals surface area contributed by atoms with Gasteiger partial charge in [-0.05, 0) is 32.6 Å². The van der Waals surface area contributed by atoms with Gasteiger partial charge in [0.15, 0.2) is 20.0 Å². The highest BCUT2D eigenvalue weighted by Crippen LogP contribution is 2.47. The first-order valence-electron chi connectivity index (χ1n) is 10.9. The average molecular weight is 657 g/mol. The fourth-order valence-corrected chi connectivity index (χ4v) is 8.28. The van der Waals surface area contributed by atoms with Crippen LogP contribution in [0.1, 0.15) is 39.5 Å². The molecule has 0 bridgehead atoms. The van der Waals surface area contributed by atoms with Crippen molar-refractivity contribution in [2.45, 2.75) is 68.4 Å². The Morgan fingerprint density at radius 1 is 0.744 bits per heavy atom. The summed E-state index contributed by atoms with van der Waals surface area (Å²) in [5.74, 6) is 0. The zero-order valence-corrected chi connectivity index (χ0v) is 24.0. The number of likely N-dealkylation sites (tertiary alicyclic amines) is 1. The Hall–Kier alpha value is -0.783. The second-order valence-corrected chi connectivity index (χ2v) is 14.9. The van der Waals surface area contributed by atoms with Crippen LogP contribution in [0.5, 0.6) is 0 Å². The van der Waals surface area contributed by atoms with Crippen molar-refractivity contribution >= 4 is 28.9 Å². The fourth-order valence-electron chi connectivity index (χ4n) is 3.63. The van der Waals surface area contributed by atoms with Gasteiger partial charge < -0.3 is 21.9 Å². The number of nitrogens with zero attached hydrogens (tertiary/aromatic N) is 2. The molecule has 0 radical (unpaired) electrons. The van der Waals surface area contributed by atoms with Gasteiger partial charge in [0.05, 0.1) is 19.1 Å². The number of rotatable bonds is 11. The van der Waals surface area contributed by atoms with E-state index < -0.39 is 51.7 Å². The van der Waals surface area contributed by atoms with E-state index in [2.05, 4.69) is 13.8 Å². The molecule has 1 rings (SSSR count). The van der Waals surface area contributed by atoms with Crippen LogP contribution in [0.3, 0.4) is 0 Å². The predicted molar refractivity (Wildman–Crippen MR) is 118 cm³/mol. The average Bonchev–Trinajstić information content (AvgIpc) is 2.81. The van der Waals surface area contributed by atoms with Crippen molar-refractivity contribution in [2.24, 2.45) is 0 Å². The molecule has 1 atom stereocenters. The molecule has 22 heteroatoms. The molecular weight excluding hydrogens is 626 g/mol. The molecule has 39 heavy (non-hydrogen) atoms. The molecule has 0 aliphatic carbocycles. The Bertz CT molecular complexity index is 936. The van der Waals surface area contributed by atoms with Crippen LogP contribution in [0.25, 0.3) is 4.13 Å². The summed E-state index contributed by atoms with van der Waals surface area (Å²) in [4.78, 5) is 0. The molecule has 236 valence electrons. The van der Waals surface area contributed by atoms with Crippen molar-refractivity contribution in [3.8, 4) is 0 Å². The molecule has 1 saturated heterocycles. The normalized spacial score (nSPS) is 18.7. The van der Waals surface area contributed by atoms with Gasteiger partial charge >= 0.3 is 31.7 Å². The zero-order valence-electron chi connectivity index (χ0n) is 21.4. The van der Waals surface area contributed by atoms with E-state index in [0.717, 1.165) is 10.7 Å². The topological polar surface area (TPSA) is 110 Å². The largest absolute Gasteiger partial charge is 0.558 e. The van der Waals surface area contributed by atoms with E-state index in [-0.39, 0.29) is 0 Å². The van der Waals surface area contributed by atoms with Crippen LogP contribution in [0.4, 0.5) is 43.9 Å². The molecule has 0 aromatic rings. The lowest BCUT2D eigenvalue weighted by Gasteiger charge is -2.48. The molecule has 9 nitrogen and oxygen atoms in total. The van der Waals surface area contributed by atoms with Crippen molar-refractivity contribution in [2.75, 3.05) is 40.6 Å². The maximum Gasteiger partial charge on any atom is 0.558 e. The molecule has 1 heterocycles. The standard InChI is InChI=1S/C13H30NO3Si.C4F10NO4S2/c1-6-13(2)14(10-8-7-9-11-14)12-18(15-3,16-4)17-5;5-1(6,7)3(11,12)20(16,17)15-21(18,19)4(13,14)2(8,9)10/h13H,6-12H2,1-5H3;/q+1;-1. The van der Waals surface area contributed by atoms with Crippen LogP contribution < -0.4 is 0 Å². The van der Waals surface area contributed by atoms with Crippen molar-refractivity contribution in [1.82, 2.24) is 0 Å². The number of hydrogen-bond acceptors (Lipinski definition) is 7. The third-order valence-electron chi connectivity index (χ3n) is 6.18. The Kier molecular flexibility index (Phi) is 12.8. The van der Waals surface area contributed by atoms with Gasteiger partial charge in [0, 0.05) is 21.3 Å². The highest BCUT2D eigenvalue weighted by Gasteiger charge is 2.68. The summed E-state index contributed by atoms with van der Waals surface area (Å²) in [6.45, 7) is 7.10. The number of sulfonamides is 2. The lowest BCUT2D eigenvalue weighted by molar-refractivity contribution is -0.946. The van der Waals surface area contributed by atoms with Gasteiger partial charge in [-0.1, -0.05) is 6.92 Å². The highest BCUT2D eigenvalue weighted by atomic mass is 32.3. The van der Waals surface area contributed by atoms with Crippen LogP contribution >= 0.6 is 0 Å². The number of hydrogen-bond donors (Lipinski definition) is 0. The highest BCUT2D eigenvalue weighted by molar-refractivity contribution is 8.13. The van der Waals surface area contributed by atoms with E-state index in [4.69, 9.17) is 13.3 Å². The summed E-state index contributed by atoms with van der Waals surface area (Å²) in [6.07, 6.45) is -7.92. The summed E-state index contributed by atoms with van der Waals surface area (Å²) in [6, 6.07) is 0.651. The van der Waals surface area contributed by atoms with E-state index in [0.29, 0.717) is 10.2 Å². The number of quaternary nitrogens is 1. The van der Waals surface area contributed by atoms with Crippen molar-refractivity contribution in [3.63, 3.8) is 0 Å². The zero-order chi connectivity index (χ0) is 31.4. The van der Waals surface area contributed by atoms with Gasteiger partial charge in [-0.15, -0.1) is 0 Å². The SMILES string of the molecule is CCC(C)[N+]1(C[Si](OC)(OC)OC)CCCCC1.O=S(=O)([N-]S(=O)(=O)C(F)(F)C(F)(F)F)C(F)(F)C(F)(F)F. The molecular formula is C17H30F10N2O7S2Si. The van der Waals surface area contributed by atoms with Crippen LogP contribution in [-0.4, -0.2) is 99.6 Å². The summed E-state index contributed by atoms with van der Waals surface area (Å²) >= 11 is 0. The predicted octanol–water partition coefficient (Wildman–Crippen LogP) is 4.53. The first-order valence-corrected chi connectivity index (χ1v) is 15.7. The van der Waals surface area contributed by atoms with Crippen molar-refractivity contribution in [3.05, 3.63) is 4.13 Å². The minimum atomic E-state index is -7.62. The van der Waals surface area contributed by atoms with Gasteiger partial charge in [0.2, 0.25) is 0 Å². The Morgan fingerprint density at radius 2 is 1.08 bits per heavy atom. The number of alkyl halides is 10. The third-order valence-corrected chi connectivity index (χ3v) is 12.4. The second kappa shape index (κ2) is 13.0. The summed E-state index contributed by atoms with van der Waals surface area (Å²) < 4.78 is 179. The van der Waals surface area contributed by atoms with Crippen molar-refractivity contribution in [1.29, 1.82) is 0 Å². The molecule has 0 spiro atoms. The van der Waals surface area contributed by atoms with E-state index in [9.17, 15) is 60.7 Å². The quantitative estimate of drug-likeness (QED) is 0.183. The maximum absolute atomic E-state index is 12.3. The molecule has 0 aromatic carbocycles. The summed E-state index contributed by atoms with van der Waals surface area (Å²) in [5.41, 5.74) is 0. The first-order chi connectivity index (χ1) is 17.3. The maximum atomic E-state index is 12.3. The monoisotopic (exact) mass is 656 g/mol. The number of halogens is 10. The lowest BCUT2D eigenvalue weighted by Crippen LogP contribution is -2.66. The van der Waals surface area contributed by atoms with E-state index in [1.165, 1.54) is 38.8 Å². The van der Waals surface area contributed by atoms with Crippen LogP contribution in [0.2, 0.25) is 0 Å². The Morgan fingerprint density at radius 3 is 1.33 bits per heavy atom. The lowest BCUT2D eigenvalue weighted by atomic mass is 10.0. The molecule has 1 fully saturated rings. The smallest absolute Gasteiger partial charge is 0.425 e. The van der Waals surface area contributed by atoms with E-state index in [1.54, 1.807) is 21.3 Å². The molecule has 0 amide bonds. The van der Waals surface area contributed by atoms with Gasteiger partial charge in [-0.2, -0.15) is 43.9 Å². The van der Waals surface area contributed by atoms with Crippen LogP contribution in [0.15, 0.2) is 0 Å². The molecule has 0 N–H and O–H groups in total. The molecule has 1 aliphatic heterocycles. The van der Waals surface area contributed by atoms with Crippen LogP contribution in [-0.2, 0) is 33.3 Å². The van der Waals surface area contributed by atoms with Gasteiger partial charge in [0.1, 0.15) is 6.17 Å². The van der Waals surface area contributed by atoms with Gasteiger partial charge in [0.25, 0.3) is 0 Å². The van der Waals surface area contributed by atoms with E-state index >= 15 is 0 Å².